The SMILES string of the molecule is CC[NH+]1CCN(c2ccc(NC(=O)c3ccc(Cl)cc3)cc2)CC1. The van der Waals surface area contributed by atoms with E-state index in [0.717, 1.165) is 18.8 Å². The van der Waals surface area contributed by atoms with E-state index in [1.807, 2.05) is 12.1 Å². The quantitative estimate of drug-likeness (QED) is 0.893. The number of carbonyl (C=O) groups is 1. The topological polar surface area (TPSA) is 36.8 Å². The first kappa shape index (κ1) is 16.8. The molecule has 2 aromatic rings. The molecule has 1 aliphatic rings. The lowest BCUT2D eigenvalue weighted by molar-refractivity contribution is -0.898. The lowest BCUT2D eigenvalue weighted by Crippen LogP contribution is -3.14. The summed E-state index contributed by atoms with van der Waals surface area (Å²) in [5, 5.41) is 3.55. The van der Waals surface area contributed by atoms with Crippen molar-refractivity contribution in [2.45, 2.75) is 6.92 Å². The number of carbonyl (C=O) groups excluding carboxylic acids is 1. The van der Waals surface area contributed by atoms with Gasteiger partial charge in [-0.05, 0) is 55.5 Å². The largest absolute Gasteiger partial charge is 0.360 e. The van der Waals surface area contributed by atoms with Crippen LogP contribution in [0.25, 0.3) is 0 Å². The lowest BCUT2D eigenvalue weighted by atomic mass is 10.2. The van der Waals surface area contributed by atoms with E-state index in [2.05, 4.69) is 29.3 Å². The third-order valence-corrected chi connectivity index (χ3v) is 4.82. The van der Waals surface area contributed by atoms with Crippen LogP contribution in [0.15, 0.2) is 48.5 Å². The minimum atomic E-state index is -0.125. The fraction of sp³-hybridized carbons (Fsp3) is 0.316. The molecule has 1 fully saturated rings. The van der Waals surface area contributed by atoms with Crippen molar-refractivity contribution in [3.63, 3.8) is 0 Å². The molecular formula is C19H23ClN3O+. The van der Waals surface area contributed by atoms with Crippen LogP contribution in [0.5, 0.6) is 0 Å². The number of likely N-dealkylation sites (N-methyl/N-ethyl adjacent to an activating group) is 1. The van der Waals surface area contributed by atoms with Gasteiger partial charge in [-0.25, -0.2) is 0 Å². The van der Waals surface area contributed by atoms with E-state index >= 15 is 0 Å². The first-order valence-corrected chi connectivity index (χ1v) is 8.79. The molecule has 24 heavy (non-hydrogen) atoms. The number of hydrogen-bond acceptors (Lipinski definition) is 2. The molecule has 3 rings (SSSR count). The summed E-state index contributed by atoms with van der Waals surface area (Å²) >= 11 is 5.85. The van der Waals surface area contributed by atoms with E-state index in [9.17, 15) is 4.79 Å². The second kappa shape index (κ2) is 7.69. The monoisotopic (exact) mass is 344 g/mol. The van der Waals surface area contributed by atoms with Gasteiger partial charge in [0.25, 0.3) is 5.91 Å². The van der Waals surface area contributed by atoms with Gasteiger partial charge in [0.05, 0.1) is 32.7 Å². The molecule has 5 heteroatoms. The number of rotatable bonds is 4. The summed E-state index contributed by atoms with van der Waals surface area (Å²) in [5.74, 6) is -0.125. The minimum Gasteiger partial charge on any atom is -0.360 e. The zero-order chi connectivity index (χ0) is 16.9. The molecule has 126 valence electrons. The highest BCUT2D eigenvalue weighted by atomic mass is 35.5. The standard InChI is InChI=1S/C19H22ClN3O/c1-2-22-11-13-23(14-12-22)18-9-7-17(8-10-18)21-19(24)15-3-5-16(20)6-4-15/h3-10H,2,11-14H2,1H3,(H,21,24)/p+1. The highest BCUT2D eigenvalue weighted by Gasteiger charge is 2.18. The Morgan fingerprint density at radius 2 is 1.71 bits per heavy atom. The summed E-state index contributed by atoms with van der Waals surface area (Å²) in [5.41, 5.74) is 2.62. The average molecular weight is 345 g/mol. The van der Waals surface area contributed by atoms with Crippen LogP contribution in [0.4, 0.5) is 11.4 Å². The predicted octanol–water partition coefficient (Wildman–Crippen LogP) is 2.32. The summed E-state index contributed by atoms with van der Waals surface area (Å²) < 4.78 is 0. The first-order valence-electron chi connectivity index (χ1n) is 8.41. The van der Waals surface area contributed by atoms with Crippen molar-refractivity contribution in [3.05, 3.63) is 59.1 Å². The number of piperazine rings is 1. The molecule has 2 aromatic carbocycles. The molecule has 1 amide bonds. The normalized spacial score (nSPS) is 15.3. The third-order valence-electron chi connectivity index (χ3n) is 4.57. The van der Waals surface area contributed by atoms with Gasteiger partial charge < -0.3 is 15.1 Å². The fourth-order valence-electron chi connectivity index (χ4n) is 2.99. The Labute approximate surface area is 148 Å². The molecule has 1 aliphatic heterocycles. The molecular weight excluding hydrogens is 322 g/mol. The van der Waals surface area contributed by atoms with Crippen LogP contribution < -0.4 is 15.1 Å². The van der Waals surface area contributed by atoms with Gasteiger partial charge >= 0.3 is 0 Å². The van der Waals surface area contributed by atoms with Crippen LogP contribution in [0.3, 0.4) is 0 Å². The molecule has 0 atom stereocenters. The Bertz CT molecular complexity index is 677. The number of nitrogens with zero attached hydrogens (tertiary/aromatic N) is 1. The summed E-state index contributed by atoms with van der Waals surface area (Å²) in [4.78, 5) is 16.3. The van der Waals surface area contributed by atoms with Crippen LogP contribution in [-0.2, 0) is 0 Å². The number of nitrogens with one attached hydrogen (secondary N) is 2. The number of amides is 1. The summed E-state index contributed by atoms with van der Waals surface area (Å²) in [6.45, 7) is 7.98. The number of halogens is 1. The van der Waals surface area contributed by atoms with E-state index in [0.29, 0.717) is 10.6 Å². The molecule has 0 aliphatic carbocycles. The Morgan fingerprint density at radius 3 is 2.29 bits per heavy atom. The second-order valence-electron chi connectivity index (χ2n) is 6.10. The summed E-state index contributed by atoms with van der Waals surface area (Å²) in [6, 6.07) is 15.0. The van der Waals surface area contributed by atoms with Crippen LogP contribution >= 0.6 is 11.6 Å². The smallest absolute Gasteiger partial charge is 0.255 e. The average Bonchev–Trinajstić information content (AvgIpc) is 2.63. The van der Waals surface area contributed by atoms with Crippen molar-refractivity contribution in [3.8, 4) is 0 Å². The maximum atomic E-state index is 12.2. The van der Waals surface area contributed by atoms with Gasteiger partial charge in [0.15, 0.2) is 0 Å². The Balaban J connectivity index is 1.60. The highest BCUT2D eigenvalue weighted by Crippen LogP contribution is 2.19. The van der Waals surface area contributed by atoms with Crippen LogP contribution in [0, 0.1) is 0 Å². The summed E-state index contributed by atoms with van der Waals surface area (Å²) in [7, 11) is 0. The van der Waals surface area contributed by atoms with Crippen molar-refractivity contribution < 1.29 is 9.69 Å². The maximum Gasteiger partial charge on any atom is 0.255 e. The van der Waals surface area contributed by atoms with Crippen LogP contribution in [0.1, 0.15) is 17.3 Å². The van der Waals surface area contributed by atoms with Gasteiger partial charge in [-0.2, -0.15) is 0 Å². The molecule has 0 saturated carbocycles. The van der Waals surface area contributed by atoms with Gasteiger partial charge in [0.1, 0.15) is 0 Å². The minimum absolute atomic E-state index is 0.125. The Kier molecular flexibility index (Phi) is 5.38. The van der Waals surface area contributed by atoms with Gasteiger partial charge in [0, 0.05) is 22.0 Å². The van der Waals surface area contributed by atoms with Crippen molar-refractivity contribution in [2.24, 2.45) is 0 Å². The highest BCUT2D eigenvalue weighted by molar-refractivity contribution is 6.30. The molecule has 0 aromatic heterocycles. The molecule has 4 nitrogen and oxygen atoms in total. The fourth-order valence-corrected chi connectivity index (χ4v) is 3.12. The van der Waals surface area contributed by atoms with E-state index in [1.54, 1.807) is 29.2 Å². The van der Waals surface area contributed by atoms with Crippen molar-refractivity contribution in [1.29, 1.82) is 0 Å². The van der Waals surface area contributed by atoms with Gasteiger partial charge in [-0.1, -0.05) is 11.6 Å². The second-order valence-corrected chi connectivity index (χ2v) is 6.53. The number of hydrogen-bond donors (Lipinski definition) is 2. The van der Waals surface area contributed by atoms with E-state index in [1.165, 1.54) is 25.3 Å². The molecule has 0 bridgehead atoms. The molecule has 1 saturated heterocycles. The Morgan fingerprint density at radius 1 is 1.08 bits per heavy atom. The first-order chi connectivity index (χ1) is 11.7. The van der Waals surface area contributed by atoms with E-state index in [-0.39, 0.29) is 5.91 Å². The number of anilines is 2. The van der Waals surface area contributed by atoms with Crippen molar-refractivity contribution in [1.82, 2.24) is 0 Å². The van der Waals surface area contributed by atoms with Crippen molar-refractivity contribution >= 4 is 28.9 Å². The van der Waals surface area contributed by atoms with Crippen molar-refractivity contribution in [2.75, 3.05) is 42.9 Å². The zero-order valence-electron chi connectivity index (χ0n) is 13.9. The van der Waals surface area contributed by atoms with Gasteiger partial charge in [-0.3, -0.25) is 4.79 Å². The molecule has 2 N–H and O–H groups in total. The zero-order valence-corrected chi connectivity index (χ0v) is 14.6. The number of quaternary nitrogens is 1. The van der Waals surface area contributed by atoms with E-state index in [4.69, 9.17) is 11.6 Å². The molecule has 0 unspecified atom stereocenters. The summed E-state index contributed by atoms with van der Waals surface area (Å²) in [6.07, 6.45) is 0. The van der Waals surface area contributed by atoms with E-state index < -0.39 is 0 Å². The molecule has 0 spiro atoms. The molecule has 0 radical (unpaired) electrons. The maximum absolute atomic E-state index is 12.2. The van der Waals surface area contributed by atoms with Gasteiger partial charge in [0.2, 0.25) is 0 Å². The van der Waals surface area contributed by atoms with Crippen LogP contribution in [-0.4, -0.2) is 38.6 Å². The molecule has 1 heterocycles. The Hall–Kier alpha value is -2.04. The predicted molar refractivity (Wildman–Crippen MR) is 99.3 cm³/mol. The van der Waals surface area contributed by atoms with Gasteiger partial charge in [-0.15, -0.1) is 0 Å². The van der Waals surface area contributed by atoms with Crippen LogP contribution in [0.2, 0.25) is 5.02 Å². The third kappa shape index (κ3) is 4.08. The lowest BCUT2D eigenvalue weighted by Gasteiger charge is -2.33. The number of benzene rings is 2.